The lowest BCUT2D eigenvalue weighted by Gasteiger charge is -2.36. The van der Waals surface area contributed by atoms with E-state index in [4.69, 9.17) is 4.74 Å². The Labute approximate surface area is 130 Å². The molecule has 1 saturated heterocycles. The lowest BCUT2D eigenvalue weighted by atomic mass is 10.1. The fourth-order valence-electron chi connectivity index (χ4n) is 3.10. The van der Waals surface area contributed by atoms with E-state index in [9.17, 15) is 15.0 Å². The fourth-order valence-corrected chi connectivity index (χ4v) is 3.10. The average Bonchev–Trinajstić information content (AvgIpc) is 2.44. The van der Waals surface area contributed by atoms with Crippen LogP contribution in [0.5, 0.6) is 5.75 Å². The zero-order chi connectivity index (χ0) is 16.3. The summed E-state index contributed by atoms with van der Waals surface area (Å²) in [5.41, 5.74) is 0.429. The van der Waals surface area contributed by atoms with Gasteiger partial charge in [-0.05, 0) is 20.3 Å². The Balaban J connectivity index is 2.28. The normalized spacial score (nSPS) is 24.4. The minimum Gasteiger partial charge on any atom is -0.503 e. The molecule has 0 spiro atoms. The van der Waals surface area contributed by atoms with Crippen LogP contribution in [0.4, 0.5) is 0 Å². The predicted molar refractivity (Wildman–Crippen MR) is 84.1 cm³/mol. The monoisotopic (exact) mass is 310 g/mol. The Kier molecular flexibility index (Phi) is 5.61. The third-order valence-corrected chi connectivity index (χ3v) is 4.10. The zero-order valence-electron chi connectivity index (χ0n) is 13.5. The molecule has 124 valence electrons. The van der Waals surface area contributed by atoms with Gasteiger partial charge in [0.25, 0.3) is 0 Å². The van der Waals surface area contributed by atoms with Gasteiger partial charge in [0.1, 0.15) is 0 Å². The van der Waals surface area contributed by atoms with Crippen molar-refractivity contribution in [2.75, 3.05) is 19.7 Å². The van der Waals surface area contributed by atoms with E-state index in [-0.39, 0.29) is 36.0 Å². The molecule has 3 atom stereocenters. The number of nitrogens with zero attached hydrogens (tertiary/aromatic N) is 2. The predicted octanol–water partition coefficient (Wildman–Crippen LogP) is 1.11. The van der Waals surface area contributed by atoms with Crippen molar-refractivity contribution in [1.29, 1.82) is 0 Å². The van der Waals surface area contributed by atoms with Crippen LogP contribution < -0.4 is 5.43 Å². The van der Waals surface area contributed by atoms with E-state index in [1.165, 1.54) is 12.3 Å². The van der Waals surface area contributed by atoms with Gasteiger partial charge in [-0.15, -0.1) is 0 Å². The molecule has 1 aromatic heterocycles. The number of hydrogen-bond acceptors (Lipinski definition) is 5. The summed E-state index contributed by atoms with van der Waals surface area (Å²) in [5.74, 6) is -0.278. The molecule has 0 radical (unpaired) electrons. The number of ether oxygens (including phenoxy) is 1. The maximum Gasteiger partial charge on any atom is 0.223 e. The van der Waals surface area contributed by atoms with Gasteiger partial charge in [-0.2, -0.15) is 0 Å². The van der Waals surface area contributed by atoms with Crippen molar-refractivity contribution in [3.63, 3.8) is 0 Å². The molecular weight excluding hydrogens is 284 g/mol. The van der Waals surface area contributed by atoms with Crippen LogP contribution in [0.3, 0.4) is 0 Å². The lowest BCUT2D eigenvalue weighted by Crippen LogP contribution is -2.45. The Morgan fingerprint density at radius 1 is 1.36 bits per heavy atom. The summed E-state index contributed by atoms with van der Waals surface area (Å²) in [5, 5.41) is 19.2. The number of aromatic nitrogens is 1. The molecule has 2 N–H and O–H groups in total. The molecule has 1 aliphatic heterocycles. The Morgan fingerprint density at radius 2 is 2.00 bits per heavy atom. The van der Waals surface area contributed by atoms with Crippen molar-refractivity contribution in [1.82, 2.24) is 9.47 Å². The molecule has 0 bridgehead atoms. The van der Waals surface area contributed by atoms with E-state index in [1.807, 2.05) is 25.3 Å². The summed E-state index contributed by atoms with van der Waals surface area (Å²) in [6.07, 6.45) is 2.47. The summed E-state index contributed by atoms with van der Waals surface area (Å²) >= 11 is 0. The van der Waals surface area contributed by atoms with Gasteiger partial charge in [0.05, 0.1) is 31.1 Å². The van der Waals surface area contributed by atoms with Crippen LogP contribution in [-0.2, 0) is 11.3 Å². The highest BCUT2D eigenvalue weighted by molar-refractivity contribution is 5.21. The number of hydrogen-bond donors (Lipinski definition) is 2. The highest BCUT2D eigenvalue weighted by atomic mass is 16.5. The van der Waals surface area contributed by atoms with Gasteiger partial charge in [-0.3, -0.25) is 9.69 Å². The molecule has 1 aliphatic rings. The van der Waals surface area contributed by atoms with E-state index in [1.54, 1.807) is 0 Å². The molecule has 1 aromatic rings. The van der Waals surface area contributed by atoms with Crippen LogP contribution in [-0.4, -0.2) is 51.6 Å². The van der Waals surface area contributed by atoms with Crippen molar-refractivity contribution in [3.8, 4) is 5.75 Å². The molecule has 2 heterocycles. The molecule has 6 nitrogen and oxygen atoms in total. The summed E-state index contributed by atoms with van der Waals surface area (Å²) < 4.78 is 7.55. The molecule has 22 heavy (non-hydrogen) atoms. The highest BCUT2D eigenvalue weighted by Gasteiger charge is 2.24. The first-order chi connectivity index (χ1) is 10.4. The standard InChI is InChI=1S/C16H26N2O4/c1-4-13(10-19)18-9-16(21)15(20)5-14(18)8-17-6-11(2)22-12(3)7-17/h5,9,11-13,19,21H,4,6-8,10H2,1-3H3. The van der Waals surface area contributed by atoms with Gasteiger partial charge in [0, 0.05) is 31.4 Å². The molecule has 6 heteroatoms. The van der Waals surface area contributed by atoms with Crippen LogP contribution in [0.1, 0.15) is 38.9 Å². The first-order valence-corrected chi connectivity index (χ1v) is 7.87. The second-order valence-corrected chi connectivity index (χ2v) is 6.12. The smallest absolute Gasteiger partial charge is 0.223 e. The second-order valence-electron chi connectivity index (χ2n) is 6.12. The number of aliphatic hydroxyl groups is 1. The lowest BCUT2D eigenvalue weighted by molar-refractivity contribution is -0.0711. The maximum absolute atomic E-state index is 11.8. The molecule has 0 amide bonds. The van der Waals surface area contributed by atoms with Gasteiger partial charge < -0.3 is 19.5 Å². The van der Waals surface area contributed by atoms with Crippen LogP contribution in [0.25, 0.3) is 0 Å². The second kappa shape index (κ2) is 7.26. The molecule has 2 rings (SSSR count). The largest absolute Gasteiger partial charge is 0.503 e. The quantitative estimate of drug-likeness (QED) is 0.852. The van der Waals surface area contributed by atoms with Crippen molar-refractivity contribution in [2.24, 2.45) is 0 Å². The SMILES string of the molecule is CCC(CO)n1cc(O)c(=O)cc1CN1CC(C)OC(C)C1. The first kappa shape index (κ1) is 17.0. The fraction of sp³-hybridized carbons (Fsp3) is 0.688. The Bertz CT molecular complexity index is 544. The van der Waals surface area contributed by atoms with Crippen LogP contribution in [0.2, 0.25) is 0 Å². The van der Waals surface area contributed by atoms with Crippen molar-refractivity contribution < 1.29 is 14.9 Å². The van der Waals surface area contributed by atoms with Crippen molar-refractivity contribution in [2.45, 2.75) is 52.0 Å². The summed E-state index contributed by atoms with van der Waals surface area (Å²) in [7, 11) is 0. The number of aliphatic hydroxyl groups excluding tert-OH is 1. The van der Waals surface area contributed by atoms with Crippen molar-refractivity contribution >= 4 is 0 Å². The van der Waals surface area contributed by atoms with Crippen LogP contribution in [0, 0.1) is 0 Å². The van der Waals surface area contributed by atoms with E-state index in [0.29, 0.717) is 6.54 Å². The third-order valence-electron chi connectivity index (χ3n) is 4.10. The molecule has 0 saturated carbocycles. The van der Waals surface area contributed by atoms with Gasteiger partial charge in [0.2, 0.25) is 5.43 Å². The van der Waals surface area contributed by atoms with Crippen molar-refractivity contribution in [3.05, 3.63) is 28.2 Å². The number of pyridine rings is 1. The maximum atomic E-state index is 11.8. The third kappa shape index (κ3) is 3.88. The van der Waals surface area contributed by atoms with Gasteiger partial charge in [0.15, 0.2) is 5.75 Å². The van der Waals surface area contributed by atoms with E-state index < -0.39 is 0 Å². The van der Waals surface area contributed by atoms with Gasteiger partial charge in [-0.1, -0.05) is 6.92 Å². The average molecular weight is 310 g/mol. The minimum absolute atomic E-state index is 0.0261. The highest BCUT2D eigenvalue weighted by Crippen LogP contribution is 2.19. The Hall–Kier alpha value is -1.37. The number of morpholine rings is 1. The van der Waals surface area contributed by atoms with E-state index in [0.717, 1.165) is 25.2 Å². The molecule has 3 unspecified atom stereocenters. The molecule has 1 fully saturated rings. The van der Waals surface area contributed by atoms with Crippen LogP contribution in [0.15, 0.2) is 17.1 Å². The molecule has 0 aliphatic carbocycles. The van der Waals surface area contributed by atoms with Crippen LogP contribution >= 0.6 is 0 Å². The zero-order valence-corrected chi connectivity index (χ0v) is 13.5. The molecule has 0 aromatic carbocycles. The summed E-state index contributed by atoms with van der Waals surface area (Å²) in [6.45, 7) is 8.22. The van der Waals surface area contributed by atoms with E-state index >= 15 is 0 Å². The summed E-state index contributed by atoms with van der Waals surface area (Å²) in [4.78, 5) is 14.0. The van der Waals surface area contributed by atoms with E-state index in [2.05, 4.69) is 4.90 Å². The summed E-state index contributed by atoms with van der Waals surface area (Å²) in [6, 6.07) is 1.33. The van der Waals surface area contributed by atoms with Gasteiger partial charge >= 0.3 is 0 Å². The number of rotatable bonds is 5. The molecular formula is C16H26N2O4. The first-order valence-electron chi connectivity index (χ1n) is 7.87. The topological polar surface area (TPSA) is 74.9 Å². The number of aromatic hydroxyl groups is 1. The Morgan fingerprint density at radius 3 is 2.55 bits per heavy atom. The minimum atomic E-state index is -0.381. The van der Waals surface area contributed by atoms with Gasteiger partial charge in [-0.25, -0.2) is 0 Å².